The quantitative estimate of drug-likeness (QED) is 0.294. The minimum Gasteiger partial charge on any atom is -0.414 e. The van der Waals surface area contributed by atoms with E-state index in [2.05, 4.69) is 68.5 Å². The predicted octanol–water partition coefficient (Wildman–Crippen LogP) is 7.94. The van der Waals surface area contributed by atoms with Crippen LogP contribution < -0.4 is 0 Å². The van der Waals surface area contributed by atoms with Gasteiger partial charge in [-0.15, -0.1) is 0 Å². The summed E-state index contributed by atoms with van der Waals surface area (Å²) in [6.45, 7) is 24.5. The Kier molecular flexibility index (Phi) is 8.56. The van der Waals surface area contributed by atoms with Gasteiger partial charge in [0.2, 0.25) is 0 Å². The van der Waals surface area contributed by atoms with Crippen LogP contribution in [0.4, 0.5) is 0 Å². The van der Waals surface area contributed by atoms with Crippen LogP contribution in [0.15, 0.2) is 0 Å². The van der Waals surface area contributed by atoms with Gasteiger partial charge in [-0.2, -0.15) is 0 Å². The van der Waals surface area contributed by atoms with Crippen molar-refractivity contribution in [1.82, 2.24) is 0 Å². The van der Waals surface area contributed by atoms with Crippen molar-refractivity contribution in [3.8, 4) is 0 Å². The van der Waals surface area contributed by atoms with Gasteiger partial charge in [-0.05, 0) is 111 Å². The van der Waals surface area contributed by atoms with Crippen LogP contribution in [-0.2, 0) is 13.9 Å². The number of rotatable bonds is 7. The highest BCUT2D eigenvalue weighted by Crippen LogP contribution is 2.70. The normalized spacial score (nSPS) is 45.3. The van der Waals surface area contributed by atoms with E-state index in [0.717, 1.165) is 31.6 Å². The van der Waals surface area contributed by atoms with Crippen molar-refractivity contribution in [1.29, 1.82) is 0 Å². The third-order valence-corrected chi connectivity index (χ3v) is 18.9. The Hall–Kier alpha value is 0.0169. The van der Waals surface area contributed by atoms with E-state index in [1.807, 2.05) is 0 Å². The number of aliphatic hydroxyl groups excluding tert-OH is 1. The smallest absolute Gasteiger partial charge is 0.192 e. The van der Waals surface area contributed by atoms with Crippen LogP contribution in [0.3, 0.4) is 0 Å². The number of hydrogen-bond donors (Lipinski definition) is 2. The number of hydrogen-bond acceptors (Lipinski definition) is 5. The number of aliphatic hydroxyl groups is 2. The first kappa shape index (κ1) is 32.4. The number of ether oxygens (including phenoxy) is 2. The fourth-order valence-electron chi connectivity index (χ4n) is 10.7. The molecule has 2 N–H and O–H groups in total. The molecule has 4 aliphatic carbocycles. The van der Waals surface area contributed by atoms with Crippen LogP contribution in [0, 0.1) is 46.3 Å². The van der Waals surface area contributed by atoms with Crippen molar-refractivity contribution >= 4 is 8.32 Å². The van der Waals surface area contributed by atoms with Crippen molar-refractivity contribution in [2.75, 3.05) is 13.2 Å². The van der Waals surface area contributed by atoms with Gasteiger partial charge in [0.05, 0.1) is 19.3 Å². The maximum Gasteiger partial charge on any atom is 0.192 e. The molecular formula is C35H64O5Si. The van der Waals surface area contributed by atoms with Crippen molar-refractivity contribution < 1.29 is 24.1 Å². The summed E-state index contributed by atoms with van der Waals surface area (Å²) in [4.78, 5) is 0. The molecule has 1 heterocycles. The van der Waals surface area contributed by atoms with E-state index < -0.39 is 25.8 Å². The van der Waals surface area contributed by atoms with Crippen LogP contribution in [0.5, 0.6) is 0 Å². The largest absolute Gasteiger partial charge is 0.414 e. The van der Waals surface area contributed by atoms with Gasteiger partial charge in [0.25, 0.3) is 0 Å². The van der Waals surface area contributed by atoms with Gasteiger partial charge < -0.3 is 24.1 Å². The lowest BCUT2D eigenvalue weighted by molar-refractivity contribution is -0.281. The van der Waals surface area contributed by atoms with Gasteiger partial charge in [-0.3, -0.25) is 0 Å². The van der Waals surface area contributed by atoms with E-state index in [9.17, 15) is 10.2 Å². The SMILES string of the molecule is CC(C)CCC1([C@@H](C)[C@@]2(O)[C@H](O)C[C@H]3[C@@H]4CC[C@H]5C[C@@H](O[Si](C)(C)C(C)(C)C)CC[C@]5(C)[C@H]4CC[C@@]32C)OCCO1. The van der Waals surface area contributed by atoms with Gasteiger partial charge in [-0.1, -0.05) is 55.4 Å². The molecule has 5 fully saturated rings. The summed E-state index contributed by atoms with van der Waals surface area (Å²) >= 11 is 0. The molecule has 5 aliphatic rings. The van der Waals surface area contributed by atoms with Crippen molar-refractivity contribution in [3.05, 3.63) is 0 Å². The summed E-state index contributed by atoms with van der Waals surface area (Å²) in [5.74, 6) is 1.75. The zero-order valence-corrected chi connectivity index (χ0v) is 29.2. The lowest BCUT2D eigenvalue weighted by Crippen LogP contribution is -2.64. The van der Waals surface area contributed by atoms with Gasteiger partial charge in [0.15, 0.2) is 14.1 Å². The minimum absolute atomic E-state index is 0.248. The monoisotopic (exact) mass is 592 g/mol. The maximum atomic E-state index is 12.7. The number of fused-ring (bicyclic) bond motifs is 5. The third kappa shape index (κ3) is 5.05. The van der Waals surface area contributed by atoms with Crippen LogP contribution in [0.1, 0.15) is 120 Å². The zero-order valence-electron chi connectivity index (χ0n) is 28.2. The van der Waals surface area contributed by atoms with Crippen molar-refractivity contribution in [2.24, 2.45) is 46.3 Å². The van der Waals surface area contributed by atoms with Crippen LogP contribution >= 0.6 is 0 Å². The molecule has 0 bridgehead atoms. The van der Waals surface area contributed by atoms with Gasteiger partial charge >= 0.3 is 0 Å². The molecule has 0 aromatic heterocycles. The summed E-state index contributed by atoms with van der Waals surface area (Å²) in [6, 6.07) is 0. The summed E-state index contributed by atoms with van der Waals surface area (Å²) in [5, 5.41) is 24.8. The van der Waals surface area contributed by atoms with Crippen molar-refractivity contribution in [2.45, 2.75) is 161 Å². The molecule has 1 saturated heterocycles. The Morgan fingerprint density at radius 1 is 0.927 bits per heavy atom. The molecular weight excluding hydrogens is 528 g/mol. The lowest BCUT2D eigenvalue weighted by Gasteiger charge is -2.63. The van der Waals surface area contributed by atoms with E-state index in [-0.39, 0.29) is 16.4 Å². The first-order chi connectivity index (χ1) is 18.9. The van der Waals surface area contributed by atoms with Gasteiger partial charge in [0, 0.05) is 23.9 Å². The van der Waals surface area contributed by atoms with Gasteiger partial charge in [0.1, 0.15) is 5.60 Å². The lowest BCUT2D eigenvalue weighted by atomic mass is 9.44. The maximum absolute atomic E-state index is 12.7. The van der Waals surface area contributed by atoms with E-state index in [4.69, 9.17) is 13.9 Å². The van der Waals surface area contributed by atoms with Gasteiger partial charge in [-0.25, -0.2) is 0 Å². The molecule has 0 amide bonds. The molecule has 0 radical (unpaired) electrons. The Bertz CT molecular complexity index is 939. The molecule has 0 spiro atoms. The van der Waals surface area contributed by atoms with Crippen LogP contribution in [-0.4, -0.2) is 55.3 Å². The Labute approximate surface area is 253 Å². The molecule has 4 saturated carbocycles. The topological polar surface area (TPSA) is 68.2 Å². The van der Waals surface area contributed by atoms with E-state index in [1.54, 1.807) is 0 Å². The molecule has 5 rings (SSSR count). The Balaban J connectivity index is 1.35. The molecule has 0 aromatic rings. The Morgan fingerprint density at radius 3 is 2.20 bits per heavy atom. The van der Waals surface area contributed by atoms with E-state index in [1.165, 1.54) is 32.1 Å². The highest BCUT2D eigenvalue weighted by molar-refractivity contribution is 6.74. The molecule has 238 valence electrons. The highest BCUT2D eigenvalue weighted by Gasteiger charge is 2.72. The standard InChI is InChI=1S/C35H64O5Si/c1-23(2)13-18-34(38-19-20-39-34)24(3)35(37)30(36)22-29-27-12-11-25-21-26(40-41(9,10)31(4,5)6)14-16-32(25,7)28(27)15-17-33(29,35)8/h23-30,36-37H,11-22H2,1-10H3/t24-,25+,26+,27-,28+,29+,30-,32+,33+,35-/m1/s1. The molecule has 41 heavy (non-hydrogen) atoms. The molecule has 10 atom stereocenters. The fraction of sp³-hybridized carbons (Fsp3) is 1.00. The average Bonchev–Trinajstić information content (AvgIpc) is 3.44. The average molecular weight is 593 g/mol. The summed E-state index contributed by atoms with van der Waals surface area (Å²) < 4.78 is 19.7. The zero-order chi connectivity index (χ0) is 30.2. The predicted molar refractivity (Wildman–Crippen MR) is 168 cm³/mol. The molecule has 6 heteroatoms. The fourth-order valence-corrected chi connectivity index (χ4v) is 12.1. The highest BCUT2D eigenvalue weighted by atomic mass is 28.4. The molecule has 0 unspecified atom stereocenters. The van der Waals surface area contributed by atoms with E-state index in [0.29, 0.717) is 54.8 Å². The van der Waals surface area contributed by atoms with E-state index >= 15 is 0 Å². The summed E-state index contributed by atoms with van der Waals surface area (Å²) in [7, 11) is -1.78. The first-order valence-electron chi connectivity index (χ1n) is 17.3. The second-order valence-corrected chi connectivity index (χ2v) is 22.4. The van der Waals surface area contributed by atoms with Crippen molar-refractivity contribution in [3.63, 3.8) is 0 Å². The molecule has 0 aromatic carbocycles. The molecule has 1 aliphatic heterocycles. The summed E-state index contributed by atoms with van der Waals surface area (Å²) in [5.41, 5.74) is -1.21. The van der Waals surface area contributed by atoms with Crippen LogP contribution in [0.25, 0.3) is 0 Å². The third-order valence-electron chi connectivity index (χ3n) is 14.3. The first-order valence-corrected chi connectivity index (χ1v) is 20.2. The molecule has 5 nitrogen and oxygen atoms in total. The van der Waals surface area contributed by atoms with Crippen LogP contribution in [0.2, 0.25) is 18.1 Å². The second kappa shape index (κ2) is 10.8. The second-order valence-electron chi connectivity index (χ2n) is 17.6. The Morgan fingerprint density at radius 2 is 1.59 bits per heavy atom. The minimum atomic E-state index is -1.78. The summed E-state index contributed by atoms with van der Waals surface area (Å²) in [6.07, 6.45) is 10.4.